The molecule has 0 radical (unpaired) electrons. The first-order chi connectivity index (χ1) is 15.3. The highest BCUT2D eigenvalue weighted by Crippen LogP contribution is 2.34. The molecule has 0 bridgehead atoms. The van der Waals surface area contributed by atoms with Crippen LogP contribution in [0.3, 0.4) is 0 Å². The summed E-state index contributed by atoms with van der Waals surface area (Å²) in [4.78, 5) is 39.7. The van der Waals surface area contributed by atoms with Crippen LogP contribution < -0.4 is 10.1 Å². The molecule has 1 fully saturated rings. The molecule has 0 spiro atoms. The summed E-state index contributed by atoms with van der Waals surface area (Å²) in [5, 5.41) is 3.19. The van der Waals surface area contributed by atoms with E-state index in [1.54, 1.807) is 0 Å². The Morgan fingerprint density at radius 1 is 1.16 bits per heavy atom. The van der Waals surface area contributed by atoms with Crippen molar-refractivity contribution in [2.75, 3.05) is 19.7 Å². The van der Waals surface area contributed by atoms with Crippen LogP contribution >= 0.6 is 0 Å². The molecule has 0 atom stereocenters. The van der Waals surface area contributed by atoms with E-state index in [1.165, 1.54) is 10.5 Å². The average Bonchev–Trinajstić information content (AvgIpc) is 3.53. The number of ether oxygens (including phenoxy) is 1. The van der Waals surface area contributed by atoms with Crippen molar-refractivity contribution >= 4 is 23.2 Å². The molecule has 6 nitrogen and oxygen atoms in total. The Balaban J connectivity index is 1.71. The molecular weight excluding hydrogens is 404 g/mol. The van der Waals surface area contributed by atoms with Crippen LogP contribution in [-0.2, 0) is 14.4 Å². The minimum Gasteiger partial charge on any atom is -0.490 e. The second-order valence-electron chi connectivity index (χ2n) is 9.27. The molecule has 1 aromatic carbocycles. The van der Waals surface area contributed by atoms with Crippen molar-refractivity contribution in [3.63, 3.8) is 0 Å². The first-order valence-electron chi connectivity index (χ1n) is 11.5. The van der Waals surface area contributed by atoms with Crippen molar-refractivity contribution < 1.29 is 19.1 Å². The van der Waals surface area contributed by atoms with Crippen LogP contribution in [0.25, 0.3) is 5.57 Å². The fourth-order valence-corrected chi connectivity index (χ4v) is 3.62. The van der Waals surface area contributed by atoms with Gasteiger partial charge in [0.05, 0.1) is 12.1 Å². The molecule has 2 amide bonds. The lowest BCUT2D eigenvalue weighted by atomic mass is 9.95. The molecule has 1 aliphatic carbocycles. The van der Waals surface area contributed by atoms with E-state index in [2.05, 4.69) is 5.32 Å². The fraction of sp³-hybridized carbons (Fsp3) is 0.500. The average molecular weight is 439 g/mol. The molecule has 1 heterocycles. The molecule has 1 aromatic rings. The van der Waals surface area contributed by atoms with Crippen LogP contribution in [0.1, 0.15) is 58.9 Å². The maximum Gasteiger partial charge on any atom is 0.261 e. The lowest BCUT2D eigenvalue weighted by Crippen LogP contribution is -2.35. The summed E-state index contributed by atoms with van der Waals surface area (Å²) < 4.78 is 5.71. The van der Waals surface area contributed by atoms with Gasteiger partial charge in [0, 0.05) is 24.6 Å². The third-order valence-corrected chi connectivity index (χ3v) is 5.54. The van der Waals surface area contributed by atoms with Gasteiger partial charge in [-0.2, -0.15) is 0 Å². The number of rotatable bonds is 12. The van der Waals surface area contributed by atoms with E-state index in [4.69, 9.17) is 4.74 Å². The molecule has 2 aliphatic rings. The number of hydrogen-bond donors (Lipinski definition) is 1. The van der Waals surface area contributed by atoms with Gasteiger partial charge in [0.15, 0.2) is 0 Å². The number of ketones is 1. The zero-order valence-electron chi connectivity index (χ0n) is 19.6. The van der Waals surface area contributed by atoms with Crippen molar-refractivity contribution in [3.8, 4) is 5.75 Å². The SMILES string of the molecule is CC(C)=CCOc1ccc(C2=C(CC(C)C)C(=O)N(CCC(=O)CNC3CC3)C2=O)cc1. The van der Waals surface area contributed by atoms with Crippen LogP contribution in [0.15, 0.2) is 41.5 Å². The summed E-state index contributed by atoms with van der Waals surface area (Å²) >= 11 is 0. The minimum atomic E-state index is -0.313. The molecule has 0 unspecified atom stereocenters. The first kappa shape index (κ1) is 23.9. The first-order valence-corrected chi connectivity index (χ1v) is 11.5. The lowest BCUT2D eigenvalue weighted by molar-refractivity contribution is -0.137. The largest absolute Gasteiger partial charge is 0.490 e. The Bertz CT molecular complexity index is 920. The van der Waals surface area contributed by atoms with Gasteiger partial charge >= 0.3 is 0 Å². The quantitative estimate of drug-likeness (QED) is 0.396. The molecule has 172 valence electrons. The number of imide groups is 1. The Labute approximate surface area is 190 Å². The Kier molecular flexibility index (Phi) is 8.02. The molecule has 1 saturated carbocycles. The molecule has 32 heavy (non-hydrogen) atoms. The molecule has 1 N–H and O–H groups in total. The fourth-order valence-electron chi connectivity index (χ4n) is 3.62. The number of amides is 2. The van der Waals surface area contributed by atoms with Crippen molar-refractivity contribution in [2.24, 2.45) is 5.92 Å². The van der Waals surface area contributed by atoms with Gasteiger partial charge in [-0.1, -0.05) is 31.6 Å². The zero-order valence-corrected chi connectivity index (χ0v) is 19.6. The van der Waals surface area contributed by atoms with E-state index >= 15 is 0 Å². The molecule has 1 aliphatic heterocycles. The number of Topliss-reactive ketones (excluding diaryl/α,β-unsaturated/α-hetero) is 1. The predicted molar refractivity (Wildman–Crippen MR) is 125 cm³/mol. The van der Waals surface area contributed by atoms with Gasteiger partial charge in [-0.15, -0.1) is 0 Å². The van der Waals surface area contributed by atoms with Crippen LogP contribution in [0.5, 0.6) is 5.75 Å². The van der Waals surface area contributed by atoms with Gasteiger partial charge in [0.25, 0.3) is 11.8 Å². The van der Waals surface area contributed by atoms with Crippen molar-refractivity contribution in [2.45, 2.75) is 59.4 Å². The van der Waals surface area contributed by atoms with E-state index < -0.39 is 0 Å². The third kappa shape index (κ3) is 6.39. The highest BCUT2D eigenvalue weighted by molar-refractivity contribution is 6.35. The predicted octanol–water partition coefficient (Wildman–Crippen LogP) is 3.91. The highest BCUT2D eigenvalue weighted by atomic mass is 16.5. The van der Waals surface area contributed by atoms with Crippen LogP contribution in [0.4, 0.5) is 0 Å². The summed E-state index contributed by atoms with van der Waals surface area (Å²) in [6.07, 6.45) is 4.92. The zero-order chi connectivity index (χ0) is 23.3. The van der Waals surface area contributed by atoms with Gasteiger partial charge in [-0.25, -0.2) is 0 Å². The van der Waals surface area contributed by atoms with E-state index in [0.29, 0.717) is 48.1 Å². The minimum absolute atomic E-state index is 0.0224. The second-order valence-corrected chi connectivity index (χ2v) is 9.27. The van der Waals surface area contributed by atoms with Gasteiger partial charge in [-0.05, 0) is 62.8 Å². The maximum atomic E-state index is 13.2. The molecule has 3 rings (SSSR count). The van der Waals surface area contributed by atoms with Crippen molar-refractivity contribution in [1.29, 1.82) is 0 Å². The number of allylic oxidation sites excluding steroid dienone is 1. The van der Waals surface area contributed by atoms with Gasteiger partial charge in [-0.3, -0.25) is 19.3 Å². The molecule has 0 saturated heterocycles. The van der Waals surface area contributed by atoms with Crippen molar-refractivity contribution in [3.05, 3.63) is 47.1 Å². The van der Waals surface area contributed by atoms with E-state index in [9.17, 15) is 14.4 Å². The normalized spacial score (nSPS) is 16.2. The summed E-state index contributed by atoms with van der Waals surface area (Å²) in [6, 6.07) is 7.75. The number of hydrogen-bond acceptors (Lipinski definition) is 5. The second kappa shape index (κ2) is 10.7. The van der Waals surface area contributed by atoms with Crippen LogP contribution in [-0.4, -0.2) is 48.2 Å². The lowest BCUT2D eigenvalue weighted by Gasteiger charge is -2.15. The summed E-state index contributed by atoms with van der Waals surface area (Å²) in [5.74, 6) is 0.374. The van der Waals surface area contributed by atoms with Crippen LogP contribution in [0, 0.1) is 5.92 Å². The molecule has 6 heteroatoms. The molecular formula is C26H34N2O4. The third-order valence-electron chi connectivity index (χ3n) is 5.54. The topological polar surface area (TPSA) is 75.7 Å². The van der Waals surface area contributed by atoms with E-state index in [0.717, 1.165) is 12.8 Å². The van der Waals surface area contributed by atoms with E-state index in [-0.39, 0.29) is 36.5 Å². The van der Waals surface area contributed by atoms with E-state index in [1.807, 2.05) is 58.0 Å². The van der Waals surface area contributed by atoms with Crippen LogP contribution in [0.2, 0.25) is 0 Å². The number of benzene rings is 1. The Morgan fingerprint density at radius 2 is 1.84 bits per heavy atom. The molecule has 0 aromatic heterocycles. The van der Waals surface area contributed by atoms with Gasteiger partial charge in [0.2, 0.25) is 0 Å². The van der Waals surface area contributed by atoms with Gasteiger partial charge < -0.3 is 10.1 Å². The maximum absolute atomic E-state index is 13.2. The smallest absolute Gasteiger partial charge is 0.261 e. The summed E-state index contributed by atoms with van der Waals surface area (Å²) in [7, 11) is 0. The Morgan fingerprint density at radius 3 is 2.44 bits per heavy atom. The monoisotopic (exact) mass is 438 g/mol. The standard InChI is InChI=1S/C26H34N2O4/c1-17(2)12-14-32-22-9-5-19(6-10-22)24-23(15-18(3)4)25(30)28(26(24)31)13-11-21(29)16-27-20-7-8-20/h5-6,9-10,12,18,20,27H,7-8,11,13-16H2,1-4H3. The number of carbonyl (C=O) groups excluding carboxylic acids is 3. The highest BCUT2D eigenvalue weighted by Gasteiger charge is 2.38. The number of nitrogens with one attached hydrogen (secondary N) is 1. The Hall–Kier alpha value is -2.73. The summed E-state index contributed by atoms with van der Waals surface area (Å²) in [6.45, 7) is 8.99. The number of nitrogens with zero attached hydrogens (tertiary/aromatic N) is 1. The van der Waals surface area contributed by atoms with Crippen molar-refractivity contribution in [1.82, 2.24) is 10.2 Å². The summed E-state index contributed by atoms with van der Waals surface area (Å²) in [5.41, 5.74) is 2.87. The van der Waals surface area contributed by atoms with Gasteiger partial charge in [0.1, 0.15) is 18.1 Å². The number of carbonyl (C=O) groups is 3.